The zero-order valence-electron chi connectivity index (χ0n) is 8.27. The normalized spacial score (nSPS) is 16.1. The smallest absolute Gasteiger partial charge is 0.145 e. The molecule has 0 aliphatic heterocycles. The van der Waals surface area contributed by atoms with Crippen molar-refractivity contribution in [1.29, 1.82) is 0 Å². The molecule has 0 unspecified atom stereocenters. The topological polar surface area (TPSA) is 67.1 Å². The minimum Gasteiger partial charge on any atom is -0.357 e. The summed E-state index contributed by atoms with van der Waals surface area (Å²) in [5.41, 5.74) is 2.52. The second-order valence-electron chi connectivity index (χ2n) is 3.60. The lowest BCUT2D eigenvalue weighted by Gasteiger charge is -2.35. The van der Waals surface area contributed by atoms with E-state index in [1.807, 2.05) is 6.07 Å². The fraction of sp³-hybridized carbons (Fsp3) is 0.556. The van der Waals surface area contributed by atoms with Crippen LogP contribution in [0.3, 0.4) is 0 Å². The standard InChI is InChI=1S/C9H15N5/c1-14(7-3-2-4-7)9-5-8(13-10)11-6-12-9/h5-7H,2-4,10H2,1H3,(H,11,12,13). The summed E-state index contributed by atoms with van der Waals surface area (Å²) in [4.78, 5) is 10.4. The third kappa shape index (κ3) is 1.63. The summed E-state index contributed by atoms with van der Waals surface area (Å²) in [6.07, 6.45) is 5.36. The van der Waals surface area contributed by atoms with Crippen LogP contribution in [0.1, 0.15) is 19.3 Å². The zero-order valence-corrected chi connectivity index (χ0v) is 8.27. The number of nitrogens with one attached hydrogen (secondary N) is 1. The van der Waals surface area contributed by atoms with Crippen molar-refractivity contribution < 1.29 is 0 Å². The van der Waals surface area contributed by atoms with E-state index in [1.165, 1.54) is 25.6 Å². The van der Waals surface area contributed by atoms with Gasteiger partial charge in [0.05, 0.1) is 0 Å². The third-order valence-electron chi connectivity index (χ3n) is 2.78. The Kier molecular flexibility index (Phi) is 2.49. The Morgan fingerprint density at radius 3 is 2.86 bits per heavy atom. The molecule has 0 bridgehead atoms. The molecule has 1 saturated carbocycles. The number of aromatic nitrogens is 2. The van der Waals surface area contributed by atoms with Gasteiger partial charge < -0.3 is 10.3 Å². The first-order chi connectivity index (χ1) is 6.81. The minimum atomic E-state index is 0.635. The molecule has 0 saturated heterocycles. The van der Waals surface area contributed by atoms with E-state index >= 15 is 0 Å². The van der Waals surface area contributed by atoms with Crippen LogP contribution in [0.2, 0.25) is 0 Å². The molecule has 3 N–H and O–H groups in total. The number of anilines is 2. The van der Waals surface area contributed by atoms with Crippen LogP contribution < -0.4 is 16.2 Å². The number of rotatable bonds is 3. The predicted molar refractivity (Wildman–Crippen MR) is 55.9 cm³/mol. The summed E-state index contributed by atoms with van der Waals surface area (Å²) >= 11 is 0. The van der Waals surface area contributed by atoms with E-state index < -0.39 is 0 Å². The van der Waals surface area contributed by atoms with E-state index in [-0.39, 0.29) is 0 Å². The Hall–Kier alpha value is -1.36. The van der Waals surface area contributed by atoms with Crippen LogP contribution in [0.15, 0.2) is 12.4 Å². The Bertz CT molecular complexity index is 310. The molecule has 76 valence electrons. The van der Waals surface area contributed by atoms with Crippen LogP contribution in [-0.4, -0.2) is 23.1 Å². The van der Waals surface area contributed by atoms with E-state index in [4.69, 9.17) is 5.84 Å². The molecule has 0 radical (unpaired) electrons. The maximum Gasteiger partial charge on any atom is 0.145 e. The van der Waals surface area contributed by atoms with Gasteiger partial charge in [0.1, 0.15) is 18.0 Å². The van der Waals surface area contributed by atoms with Gasteiger partial charge in [-0.25, -0.2) is 15.8 Å². The summed E-state index contributed by atoms with van der Waals surface area (Å²) in [5, 5.41) is 0. The first-order valence-electron chi connectivity index (χ1n) is 4.83. The highest BCUT2D eigenvalue weighted by Gasteiger charge is 2.22. The lowest BCUT2D eigenvalue weighted by Crippen LogP contribution is -2.37. The largest absolute Gasteiger partial charge is 0.357 e. The number of nitrogen functional groups attached to an aromatic ring is 1. The van der Waals surface area contributed by atoms with Crippen molar-refractivity contribution >= 4 is 11.6 Å². The van der Waals surface area contributed by atoms with Crippen molar-refractivity contribution in [1.82, 2.24) is 9.97 Å². The predicted octanol–water partition coefficient (Wildman–Crippen LogP) is 0.751. The highest BCUT2D eigenvalue weighted by atomic mass is 15.3. The van der Waals surface area contributed by atoms with Crippen LogP contribution in [0, 0.1) is 0 Å². The Morgan fingerprint density at radius 2 is 2.29 bits per heavy atom. The van der Waals surface area contributed by atoms with E-state index in [9.17, 15) is 0 Å². The first kappa shape index (κ1) is 9.21. The zero-order chi connectivity index (χ0) is 9.97. The average molecular weight is 193 g/mol. The van der Waals surface area contributed by atoms with Crippen LogP contribution in [-0.2, 0) is 0 Å². The van der Waals surface area contributed by atoms with E-state index in [2.05, 4.69) is 27.3 Å². The molecule has 1 aliphatic carbocycles. The highest BCUT2D eigenvalue weighted by molar-refractivity contribution is 5.48. The van der Waals surface area contributed by atoms with Gasteiger partial charge in [-0.2, -0.15) is 0 Å². The fourth-order valence-corrected chi connectivity index (χ4v) is 1.58. The van der Waals surface area contributed by atoms with Crippen molar-refractivity contribution in [3.05, 3.63) is 12.4 Å². The molecule has 2 rings (SSSR count). The van der Waals surface area contributed by atoms with Gasteiger partial charge in [0, 0.05) is 19.2 Å². The molecule has 0 spiro atoms. The molecule has 5 heteroatoms. The summed E-state index contributed by atoms with van der Waals surface area (Å²) < 4.78 is 0. The van der Waals surface area contributed by atoms with Crippen LogP contribution >= 0.6 is 0 Å². The molecule has 1 aliphatic rings. The van der Waals surface area contributed by atoms with Gasteiger partial charge in [-0.1, -0.05) is 0 Å². The second kappa shape index (κ2) is 3.79. The Morgan fingerprint density at radius 1 is 1.50 bits per heavy atom. The summed E-state index contributed by atoms with van der Waals surface area (Å²) in [6.45, 7) is 0. The quantitative estimate of drug-likeness (QED) is 0.547. The highest BCUT2D eigenvalue weighted by Crippen LogP contribution is 2.27. The molecule has 5 nitrogen and oxygen atoms in total. The SMILES string of the molecule is CN(c1cc(NN)ncn1)C1CCC1. The molecule has 1 heterocycles. The van der Waals surface area contributed by atoms with Crippen LogP contribution in [0.25, 0.3) is 0 Å². The van der Waals surface area contributed by atoms with Gasteiger partial charge in [0.2, 0.25) is 0 Å². The fourth-order valence-electron chi connectivity index (χ4n) is 1.58. The van der Waals surface area contributed by atoms with Crippen molar-refractivity contribution in [3.63, 3.8) is 0 Å². The molecule has 14 heavy (non-hydrogen) atoms. The van der Waals surface area contributed by atoms with Gasteiger partial charge in [-0.15, -0.1) is 0 Å². The molecule has 0 aromatic carbocycles. The molecule has 0 atom stereocenters. The molecule has 1 aromatic rings. The lowest BCUT2D eigenvalue weighted by atomic mass is 9.92. The number of hydrazine groups is 1. The Balaban J connectivity index is 2.13. The minimum absolute atomic E-state index is 0.635. The second-order valence-corrected chi connectivity index (χ2v) is 3.60. The monoisotopic (exact) mass is 193 g/mol. The summed E-state index contributed by atoms with van der Waals surface area (Å²) in [6, 6.07) is 2.49. The van der Waals surface area contributed by atoms with E-state index in [0.29, 0.717) is 11.9 Å². The summed E-state index contributed by atoms with van der Waals surface area (Å²) in [5.74, 6) is 6.86. The van der Waals surface area contributed by atoms with Gasteiger partial charge in [-0.3, -0.25) is 0 Å². The molecular weight excluding hydrogens is 178 g/mol. The summed E-state index contributed by atoms with van der Waals surface area (Å²) in [7, 11) is 2.06. The average Bonchev–Trinajstić information content (AvgIpc) is 2.15. The first-order valence-corrected chi connectivity index (χ1v) is 4.83. The molecule has 0 amide bonds. The molecule has 1 fully saturated rings. The number of nitrogens with zero attached hydrogens (tertiary/aromatic N) is 3. The van der Waals surface area contributed by atoms with Crippen molar-refractivity contribution in [2.45, 2.75) is 25.3 Å². The third-order valence-corrected chi connectivity index (χ3v) is 2.78. The number of hydrogen-bond donors (Lipinski definition) is 2. The van der Waals surface area contributed by atoms with Crippen LogP contribution in [0.5, 0.6) is 0 Å². The lowest BCUT2D eigenvalue weighted by molar-refractivity contribution is 0.399. The van der Waals surface area contributed by atoms with Gasteiger partial charge in [-0.05, 0) is 19.3 Å². The van der Waals surface area contributed by atoms with Crippen molar-refractivity contribution in [2.24, 2.45) is 5.84 Å². The number of nitrogens with two attached hydrogens (primary N) is 1. The van der Waals surface area contributed by atoms with Gasteiger partial charge in [0.25, 0.3) is 0 Å². The molecular formula is C9H15N5. The maximum absolute atomic E-state index is 5.28. The van der Waals surface area contributed by atoms with E-state index in [1.54, 1.807) is 0 Å². The van der Waals surface area contributed by atoms with Crippen LogP contribution in [0.4, 0.5) is 11.6 Å². The van der Waals surface area contributed by atoms with Crippen molar-refractivity contribution in [3.8, 4) is 0 Å². The Labute approximate surface area is 83.3 Å². The van der Waals surface area contributed by atoms with E-state index in [0.717, 1.165) is 5.82 Å². The maximum atomic E-state index is 5.28. The van der Waals surface area contributed by atoms with Gasteiger partial charge >= 0.3 is 0 Å². The molecule has 1 aromatic heterocycles. The van der Waals surface area contributed by atoms with Gasteiger partial charge in [0.15, 0.2) is 0 Å². The number of hydrogen-bond acceptors (Lipinski definition) is 5. The van der Waals surface area contributed by atoms with Crippen molar-refractivity contribution in [2.75, 3.05) is 17.4 Å².